The quantitative estimate of drug-likeness (QED) is 0.903. The second-order valence-electron chi connectivity index (χ2n) is 4.88. The molecule has 2 aromatic rings. The van der Waals surface area contributed by atoms with Gasteiger partial charge in [-0.15, -0.1) is 0 Å². The summed E-state index contributed by atoms with van der Waals surface area (Å²) in [6.07, 6.45) is 0. The van der Waals surface area contributed by atoms with Gasteiger partial charge < -0.3 is 15.4 Å². The summed E-state index contributed by atoms with van der Waals surface area (Å²) in [5, 5.41) is 0. The summed E-state index contributed by atoms with van der Waals surface area (Å²) in [5.41, 5.74) is 8.39. The standard InChI is InChI=1S/C17H21FN2O/c1-4-20(14-9-6-5-8-13(14)18)15-10-7-11-16(21-3)17(15)12(2)19/h5-12H,4,19H2,1-3H3. The number of benzene rings is 2. The third-order valence-electron chi connectivity index (χ3n) is 3.47. The maximum Gasteiger partial charge on any atom is 0.146 e. The Morgan fingerprint density at radius 3 is 2.38 bits per heavy atom. The monoisotopic (exact) mass is 288 g/mol. The molecule has 0 amide bonds. The van der Waals surface area contributed by atoms with Crippen LogP contribution in [-0.4, -0.2) is 13.7 Å². The lowest BCUT2D eigenvalue weighted by Gasteiger charge is -2.28. The van der Waals surface area contributed by atoms with Crippen molar-refractivity contribution in [3.63, 3.8) is 0 Å². The van der Waals surface area contributed by atoms with Gasteiger partial charge in [-0.2, -0.15) is 0 Å². The number of halogens is 1. The van der Waals surface area contributed by atoms with Crippen LogP contribution in [0.15, 0.2) is 42.5 Å². The number of hydrogen-bond acceptors (Lipinski definition) is 3. The molecule has 0 aliphatic carbocycles. The third-order valence-corrected chi connectivity index (χ3v) is 3.47. The largest absolute Gasteiger partial charge is 0.496 e. The van der Waals surface area contributed by atoms with Gasteiger partial charge in [-0.05, 0) is 38.1 Å². The maximum absolute atomic E-state index is 14.1. The summed E-state index contributed by atoms with van der Waals surface area (Å²) in [6, 6.07) is 12.2. The van der Waals surface area contributed by atoms with E-state index in [-0.39, 0.29) is 11.9 Å². The fourth-order valence-electron chi connectivity index (χ4n) is 2.54. The zero-order chi connectivity index (χ0) is 15.4. The normalized spacial score (nSPS) is 12.0. The lowest BCUT2D eigenvalue weighted by atomic mass is 10.0. The Hall–Kier alpha value is -2.07. The van der Waals surface area contributed by atoms with Crippen LogP contribution in [0.2, 0.25) is 0 Å². The predicted octanol–water partition coefficient (Wildman–Crippen LogP) is 4.01. The van der Waals surface area contributed by atoms with Gasteiger partial charge in [0.2, 0.25) is 0 Å². The van der Waals surface area contributed by atoms with Gasteiger partial charge in [-0.3, -0.25) is 0 Å². The number of anilines is 2. The molecule has 2 aromatic carbocycles. The molecule has 0 radical (unpaired) electrons. The van der Waals surface area contributed by atoms with E-state index in [0.29, 0.717) is 12.2 Å². The number of methoxy groups -OCH3 is 1. The molecule has 0 heterocycles. The minimum absolute atomic E-state index is 0.211. The molecule has 0 spiro atoms. The Balaban J connectivity index is 2.61. The van der Waals surface area contributed by atoms with Crippen LogP contribution in [0.3, 0.4) is 0 Å². The summed E-state index contributed by atoms with van der Waals surface area (Å²) in [7, 11) is 1.62. The van der Waals surface area contributed by atoms with Gasteiger partial charge >= 0.3 is 0 Å². The minimum atomic E-state index is -0.252. The molecule has 112 valence electrons. The highest BCUT2D eigenvalue weighted by atomic mass is 19.1. The van der Waals surface area contributed by atoms with Crippen molar-refractivity contribution in [2.24, 2.45) is 5.73 Å². The van der Waals surface area contributed by atoms with Crippen LogP contribution in [0, 0.1) is 5.82 Å². The van der Waals surface area contributed by atoms with Gasteiger partial charge in [0.15, 0.2) is 0 Å². The van der Waals surface area contributed by atoms with Crippen molar-refractivity contribution in [1.29, 1.82) is 0 Å². The second-order valence-corrected chi connectivity index (χ2v) is 4.88. The van der Waals surface area contributed by atoms with Gasteiger partial charge in [0.05, 0.1) is 12.8 Å². The number of rotatable bonds is 5. The Morgan fingerprint density at radius 2 is 1.81 bits per heavy atom. The first-order valence-electron chi connectivity index (χ1n) is 7.04. The Morgan fingerprint density at radius 1 is 1.14 bits per heavy atom. The Bertz CT molecular complexity index is 613. The molecular formula is C17H21FN2O. The average molecular weight is 288 g/mol. The lowest BCUT2D eigenvalue weighted by Crippen LogP contribution is -2.21. The smallest absolute Gasteiger partial charge is 0.146 e. The zero-order valence-electron chi connectivity index (χ0n) is 12.6. The van der Waals surface area contributed by atoms with Crippen LogP contribution >= 0.6 is 0 Å². The first-order chi connectivity index (χ1) is 10.1. The van der Waals surface area contributed by atoms with E-state index in [1.54, 1.807) is 19.2 Å². The third kappa shape index (κ3) is 3.00. The fraction of sp³-hybridized carbons (Fsp3) is 0.294. The minimum Gasteiger partial charge on any atom is -0.496 e. The van der Waals surface area contributed by atoms with Crippen LogP contribution in [0.1, 0.15) is 25.5 Å². The lowest BCUT2D eigenvalue weighted by molar-refractivity contribution is 0.407. The molecule has 0 saturated carbocycles. The molecule has 2 rings (SSSR count). The van der Waals surface area contributed by atoms with Crippen LogP contribution in [-0.2, 0) is 0 Å². The van der Waals surface area contributed by atoms with Crippen molar-refractivity contribution < 1.29 is 9.13 Å². The summed E-state index contributed by atoms with van der Waals surface area (Å²) in [6.45, 7) is 4.52. The highest BCUT2D eigenvalue weighted by Crippen LogP contribution is 2.37. The highest BCUT2D eigenvalue weighted by molar-refractivity contribution is 5.70. The zero-order valence-corrected chi connectivity index (χ0v) is 12.6. The first kappa shape index (κ1) is 15.3. The molecule has 1 unspecified atom stereocenters. The van der Waals surface area contributed by atoms with Crippen molar-refractivity contribution in [1.82, 2.24) is 0 Å². The number of hydrogen-bond donors (Lipinski definition) is 1. The number of nitrogens with two attached hydrogens (primary N) is 1. The summed E-state index contributed by atoms with van der Waals surface area (Å²) in [4.78, 5) is 1.91. The summed E-state index contributed by atoms with van der Waals surface area (Å²) < 4.78 is 19.5. The van der Waals surface area contributed by atoms with E-state index in [2.05, 4.69) is 0 Å². The first-order valence-corrected chi connectivity index (χ1v) is 7.04. The van der Waals surface area contributed by atoms with Gasteiger partial charge in [0.1, 0.15) is 11.6 Å². The Labute approximate surface area is 125 Å². The number of para-hydroxylation sites is 1. The van der Waals surface area contributed by atoms with Gasteiger partial charge in [0.25, 0.3) is 0 Å². The topological polar surface area (TPSA) is 38.5 Å². The van der Waals surface area contributed by atoms with Crippen molar-refractivity contribution >= 4 is 11.4 Å². The maximum atomic E-state index is 14.1. The summed E-state index contributed by atoms with van der Waals surface area (Å²) >= 11 is 0. The van der Waals surface area contributed by atoms with Gasteiger partial charge in [0, 0.05) is 23.8 Å². The van der Waals surface area contributed by atoms with E-state index < -0.39 is 0 Å². The van der Waals surface area contributed by atoms with E-state index >= 15 is 0 Å². The van der Waals surface area contributed by atoms with E-state index in [4.69, 9.17) is 10.5 Å². The van der Waals surface area contributed by atoms with Crippen LogP contribution in [0.5, 0.6) is 5.75 Å². The van der Waals surface area contributed by atoms with Crippen LogP contribution in [0.25, 0.3) is 0 Å². The van der Waals surface area contributed by atoms with E-state index in [0.717, 1.165) is 17.0 Å². The summed E-state index contributed by atoms with van der Waals surface area (Å²) in [5.74, 6) is 0.468. The molecule has 1 atom stereocenters. The molecular weight excluding hydrogens is 267 g/mol. The number of nitrogens with zero attached hydrogens (tertiary/aromatic N) is 1. The van der Waals surface area contributed by atoms with Gasteiger partial charge in [-0.1, -0.05) is 18.2 Å². The van der Waals surface area contributed by atoms with Crippen molar-refractivity contribution in [2.45, 2.75) is 19.9 Å². The molecule has 0 aliphatic rings. The van der Waals surface area contributed by atoms with Crippen LogP contribution in [0.4, 0.5) is 15.8 Å². The van der Waals surface area contributed by atoms with E-state index in [9.17, 15) is 4.39 Å². The fourth-order valence-corrected chi connectivity index (χ4v) is 2.54. The van der Waals surface area contributed by atoms with Gasteiger partial charge in [-0.25, -0.2) is 4.39 Å². The Kier molecular flexibility index (Phi) is 4.81. The highest BCUT2D eigenvalue weighted by Gasteiger charge is 2.19. The SMILES string of the molecule is CCN(c1ccccc1F)c1cccc(OC)c1C(C)N. The van der Waals surface area contributed by atoms with Crippen molar-refractivity contribution in [3.05, 3.63) is 53.8 Å². The molecule has 0 fully saturated rings. The molecule has 0 aliphatic heterocycles. The molecule has 0 aromatic heterocycles. The average Bonchev–Trinajstić information content (AvgIpc) is 2.49. The van der Waals surface area contributed by atoms with Crippen LogP contribution < -0.4 is 15.4 Å². The molecule has 4 heteroatoms. The van der Waals surface area contributed by atoms with Crippen molar-refractivity contribution in [3.8, 4) is 5.75 Å². The molecule has 3 nitrogen and oxygen atoms in total. The predicted molar refractivity (Wildman–Crippen MR) is 84.7 cm³/mol. The molecule has 2 N–H and O–H groups in total. The molecule has 0 bridgehead atoms. The molecule has 21 heavy (non-hydrogen) atoms. The molecule has 0 saturated heterocycles. The number of ether oxygens (including phenoxy) is 1. The van der Waals surface area contributed by atoms with E-state index in [1.807, 2.05) is 43.0 Å². The van der Waals surface area contributed by atoms with Crippen molar-refractivity contribution in [2.75, 3.05) is 18.6 Å². The second kappa shape index (κ2) is 6.59. The van der Waals surface area contributed by atoms with E-state index in [1.165, 1.54) is 6.07 Å².